The first-order valence-electron chi connectivity index (χ1n) is 7.75. The molecular formula is C18H23N3O. The molecule has 1 amide bonds. The number of aromatic nitrogens is 1. The number of carbonyl (C=O) groups excluding carboxylic acids is 1. The van der Waals surface area contributed by atoms with Crippen molar-refractivity contribution >= 4 is 11.6 Å². The molecular weight excluding hydrogens is 274 g/mol. The van der Waals surface area contributed by atoms with E-state index >= 15 is 0 Å². The fourth-order valence-electron chi connectivity index (χ4n) is 2.51. The van der Waals surface area contributed by atoms with Crippen LogP contribution in [0.1, 0.15) is 31.9 Å². The third kappa shape index (κ3) is 4.15. The molecule has 0 aliphatic heterocycles. The summed E-state index contributed by atoms with van der Waals surface area (Å²) in [5.41, 5.74) is 2.10. The zero-order chi connectivity index (χ0) is 15.8. The van der Waals surface area contributed by atoms with Crippen molar-refractivity contribution in [3.05, 3.63) is 60.4 Å². The molecule has 116 valence electrons. The lowest BCUT2D eigenvalue weighted by molar-refractivity contribution is -0.117. The minimum atomic E-state index is 0.0845. The van der Waals surface area contributed by atoms with E-state index in [1.54, 1.807) is 17.3 Å². The smallest absolute Gasteiger partial charge is 0.240 e. The van der Waals surface area contributed by atoms with Crippen molar-refractivity contribution in [2.45, 2.75) is 26.3 Å². The molecule has 0 spiro atoms. The lowest BCUT2D eigenvalue weighted by atomic mass is 10.1. The van der Waals surface area contributed by atoms with Gasteiger partial charge in [0.15, 0.2) is 0 Å². The van der Waals surface area contributed by atoms with Gasteiger partial charge in [-0.1, -0.05) is 25.1 Å². The number of likely N-dealkylation sites (N-methyl/N-ethyl adjacent to an activating group) is 1. The molecule has 4 nitrogen and oxygen atoms in total. The lowest BCUT2D eigenvalue weighted by Gasteiger charge is -2.23. The predicted molar refractivity (Wildman–Crippen MR) is 89.7 cm³/mol. The minimum Gasteiger partial charge on any atom is -0.312 e. The molecule has 0 saturated carbocycles. The fourth-order valence-corrected chi connectivity index (χ4v) is 2.51. The number of nitrogens with zero attached hydrogens (tertiary/aromatic N) is 2. The molecule has 1 atom stereocenters. The highest BCUT2D eigenvalue weighted by atomic mass is 16.2. The van der Waals surface area contributed by atoms with Crippen molar-refractivity contribution in [2.75, 3.05) is 18.0 Å². The number of nitrogens with one attached hydrogen (secondary N) is 1. The quantitative estimate of drug-likeness (QED) is 0.853. The number of hydrogen-bond donors (Lipinski definition) is 1. The van der Waals surface area contributed by atoms with Gasteiger partial charge in [0.25, 0.3) is 0 Å². The van der Waals surface area contributed by atoms with Crippen LogP contribution in [0.15, 0.2) is 54.9 Å². The molecule has 4 heteroatoms. The Labute approximate surface area is 132 Å². The molecule has 0 fully saturated rings. The summed E-state index contributed by atoms with van der Waals surface area (Å²) < 4.78 is 0. The molecule has 0 saturated heterocycles. The van der Waals surface area contributed by atoms with Crippen LogP contribution in [0.2, 0.25) is 0 Å². The standard InChI is InChI=1S/C18H23N3O/c1-3-17(15-10-12-19-13-11-15)20-14-18(22)21(4-2)16-8-6-5-7-9-16/h5-13,17,20H,3-4,14H2,1-2H3/t17-/m0/s1. The van der Waals surface area contributed by atoms with Crippen LogP contribution in [0.25, 0.3) is 0 Å². The number of carbonyl (C=O) groups is 1. The molecule has 0 unspecified atom stereocenters. The summed E-state index contributed by atoms with van der Waals surface area (Å²) in [6.45, 7) is 5.09. The van der Waals surface area contributed by atoms with Crippen molar-refractivity contribution in [3.63, 3.8) is 0 Å². The number of rotatable bonds is 7. The lowest BCUT2D eigenvalue weighted by Crippen LogP contribution is -2.39. The summed E-state index contributed by atoms with van der Waals surface area (Å²) in [5.74, 6) is 0.0845. The topological polar surface area (TPSA) is 45.2 Å². The molecule has 0 aliphatic carbocycles. The van der Waals surface area contributed by atoms with E-state index in [1.807, 2.05) is 49.4 Å². The molecule has 0 radical (unpaired) electrons. The second kappa shape index (κ2) is 8.29. The van der Waals surface area contributed by atoms with Crippen LogP contribution in [-0.2, 0) is 4.79 Å². The monoisotopic (exact) mass is 297 g/mol. The van der Waals surface area contributed by atoms with Gasteiger partial charge in [-0.05, 0) is 43.2 Å². The first-order chi connectivity index (χ1) is 10.8. The van der Waals surface area contributed by atoms with Gasteiger partial charge in [-0.2, -0.15) is 0 Å². The molecule has 1 aromatic heterocycles. The Hall–Kier alpha value is -2.20. The van der Waals surface area contributed by atoms with Crippen LogP contribution < -0.4 is 10.2 Å². The average molecular weight is 297 g/mol. The normalized spacial score (nSPS) is 11.9. The maximum absolute atomic E-state index is 12.5. The van der Waals surface area contributed by atoms with Crippen molar-refractivity contribution in [1.29, 1.82) is 0 Å². The Morgan fingerprint density at radius 2 is 1.82 bits per heavy atom. The number of amides is 1. The summed E-state index contributed by atoms with van der Waals surface area (Å²) in [5, 5.41) is 3.35. The van der Waals surface area contributed by atoms with E-state index in [9.17, 15) is 4.79 Å². The summed E-state index contributed by atoms with van der Waals surface area (Å²) >= 11 is 0. The van der Waals surface area contributed by atoms with Crippen molar-refractivity contribution in [2.24, 2.45) is 0 Å². The van der Waals surface area contributed by atoms with E-state index < -0.39 is 0 Å². The Bertz CT molecular complexity index is 571. The Morgan fingerprint density at radius 3 is 2.41 bits per heavy atom. The number of hydrogen-bond acceptors (Lipinski definition) is 3. The predicted octanol–water partition coefficient (Wildman–Crippen LogP) is 3.18. The Kier molecular flexibility index (Phi) is 6.10. The van der Waals surface area contributed by atoms with Crippen LogP contribution in [0, 0.1) is 0 Å². The Morgan fingerprint density at radius 1 is 1.14 bits per heavy atom. The first kappa shape index (κ1) is 16.2. The van der Waals surface area contributed by atoms with Crippen molar-refractivity contribution in [1.82, 2.24) is 10.3 Å². The van der Waals surface area contributed by atoms with E-state index in [2.05, 4.69) is 17.2 Å². The molecule has 0 aliphatic rings. The molecule has 1 aromatic carbocycles. The van der Waals surface area contributed by atoms with Gasteiger partial charge in [-0.25, -0.2) is 0 Å². The van der Waals surface area contributed by atoms with Crippen LogP contribution in [-0.4, -0.2) is 24.0 Å². The van der Waals surface area contributed by atoms with E-state index in [0.29, 0.717) is 13.1 Å². The van der Waals surface area contributed by atoms with Gasteiger partial charge < -0.3 is 10.2 Å². The van der Waals surface area contributed by atoms with Gasteiger partial charge in [-0.3, -0.25) is 9.78 Å². The van der Waals surface area contributed by atoms with Gasteiger partial charge in [0.2, 0.25) is 5.91 Å². The van der Waals surface area contributed by atoms with E-state index in [-0.39, 0.29) is 11.9 Å². The SMILES string of the molecule is CC[C@H](NCC(=O)N(CC)c1ccccc1)c1ccncc1. The molecule has 2 aromatic rings. The van der Waals surface area contributed by atoms with Gasteiger partial charge in [0.1, 0.15) is 0 Å². The molecule has 22 heavy (non-hydrogen) atoms. The third-order valence-corrected chi connectivity index (χ3v) is 3.70. The van der Waals surface area contributed by atoms with Crippen LogP contribution >= 0.6 is 0 Å². The zero-order valence-electron chi connectivity index (χ0n) is 13.2. The maximum Gasteiger partial charge on any atom is 0.240 e. The summed E-state index contributed by atoms with van der Waals surface area (Å²) in [7, 11) is 0. The van der Waals surface area contributed by atoms with Gasteiger partial charge in [0.05, 0.1) is 6.54 Å². The van der Waals surface area contributed by atoms with E-state index in [0.717, 1.165) is 17.7 Å². The molecule has 2 rings (SSSR count). The van der Waals surface area contributed by atoms with Crippen LogP contribution in [0.3, 0.4) is 0 Å². The summed E-state index contributed by atoms with van der Waals surface area (Å²) in [6, 6.07) is 13.9. The molecule has 0 bridgehead atoms. The minimum absolute atomic E-state index is 0.0845. The molecule has 1 heterocycles. The molecule has 1 N–H and O–H groups in total. The van der Waals surface area contributed by atoms with E-state index in [1.165, 1.54) is 0 Å². The van der Waals surface area contributed by atoms with Crippen molar-refractivity contribution < 1.29 is 4.79 Å². The fraction of sp³-hybridized carbons (Fsp3) is 0.333. The van der Waals surface area contributed by atoms with Gasteiger partial charge >= 0.3 is 0 Å². The zero-order valence-corrected chi connectivity index (χ0v) is 13.2. The highest BCUT2D eigenvalue weighted by Gasteiger charge is 2.16. The summed E-state index contributed by atoms with van der Waals surface area (Å²) in [6.07, 6.45) is 4.49. The summed E-state index contributed by atoms with van der Waals surface area (Å²) in [4.78, 5) is 18.3. The first-order valence-corrected chi connectivity index (χ1v) is 7.75. The van der Waals surface area contributed by atoms with Crippen molar-refractivity contribution in [3.8, 4) is 0 Å². The third-order valence-electron chi connectivity index (χ3n) is 3.70. The average Bonchev–Trinajstić information content (AvgIpc) is 2.58. The number of pyridine rings is 1. The highest BCUT2D eigenvalue weighted by molar-refractivity contribution is 5.94. The number of anilines is 1. The van der Waals surface area contributed by atoms with Gasteiger partial charge in [-0.15, -0.1) is 0 Å². The highest BCUT2D eigenvalue weighted by Crippen LogP contribution is 2.16. The second-order valence-corrected chi connectivity index (χ2v) is 5.10. The van der Waals surface area contributed by atoms with Gasteiger partial charge in [0, 0.05) is 30.7 Å². The number of para-hydroxylation sites is 1. The Balaban J connectivity index is 1.99. The van der Waals surface area contributed by atoms with E-state index in [4.69, 9.17) is 0 Å². The second-order valence-electron chi connectivity index (χ2n) is 5.10. The number of benzene rings is 1. The van der Waals surface area contributed by atoms with Crippen LogP contribution in [0.5, 0.6) is 0 Å². The van der Waals surface area contributed by atoms with Crippen LogP contribution in [0.4, 0.5) is 5.69 Å². The largest absolute Gasteiger partial charge is 0.312 e. The maximum atomic E-state index is 12.5.